The summed E-state index contributed by atoms with van der Waals surface area (Å²) in [5.74, 6) is -1.19. The van der Waals surface area contributed by atoms with Gasteiger partial charge in [0, 0.05) is 11.4 Å². The Morgan fingerprint density at radius 2 is 1.89 bits per heavy atom. The number of aliphatic imine (C=N–C) groups is 1. The molecule has 35 heavy (non-hydrogen) atoms. The molecule has 10 heteroatoms. The summed E-state index contributed by atoms with van der Waals surface area (Å²) < 4.78 is 18.7. The number of hydrogen-bond acceptors (Lipinski definition) is 6. The number of ether oxygens (including phenoxy) is 1. The van der Waals surface area contributed by atoms with Gasteiger partial charge in [-0.1, -0.05) is 42.1 Å². The Hall–Kier alpha value is -3.92. The van der Waals surface area contributed by atoms with Crippen LogP contribution in [0.3, 0.4) is 0 Å². The highest BCUT2D eigenvalue weighted by Gasteiger charge is 2.34. The molecular weight excluding hydrogens is 471 g/mol. The Balaban J connectivity index is 1.68. The van der Waals surface area contributed by atoms with E-state index in [-0.39, 0.29) is 24.0 Å². The molecule has 180 valence electrons. The first-order valence-electron chi connectivity index (χ1n) is 10.9. The quantitative estimate of drug-likeness (QED) is 0.470. The van der Waals surface area contributed by atoms with Crippen LogP contribution in [0.1, 0.15) is 19.4 Å². The predicted octanol–water partition coefficient (Wildman–Crippen LogP) is 3.82. The molecule has 1 atom stereocenters. The Morgan fingerprint density at radius 1 is 1.17 bits per heavy atom. The van der Waals surface area contributed by atoms with Crippen LogP contribution in [0.25, 0.3) is 6.08 Å². The average molecular weight is 495 g/mol. The van der Waals surface area contributed by atoms with E-state index in [0.717, 1.165) is 5.56 Å². The van der Waals surface area contributed by atoms with E-state index in [1.165, 1.54) is 40.9 Å². The van der Waals surface area contributed by atoms with E-state index >= 15 is 0 Å². The van der Waals surface area contributed by atoms with Gasteiger partial charge in [0.25, 0.3) is 5.91 Å². The van der Waals surface area contributed by atoms with Crippen LogP contribution >= 0.6 is 11.8 Å². The van der Waals surface area contributed by atoms with Crippen molar-refractivity contribution < 1.29 is 23.5 Å². The zero-order valence-electron chi connectivity index (χ0n) is 19.1. The molecule has 3 amide bonds. The van der Waals surface area contributed by atoms with Crippen molar-refractivity contribution in [1.82, 2.24) is 10.6 Å². The van der Waals surface area contributed by atoms with Crippen LogP contribution in [0.2, 0.25) is 0 Å². The normalized spacial score (nSPS) is 18.9. The second kappa shape index (κ2) is 10.6. The lowest BCUT2D eigenvalue weighted by Crippen LogP contribution is -2.49. The first kappa shape index (κ1) is 24.2. The maximum Gasteiger partial charge on any atom is 0.337 e. The number of benzene rings is 2. The lowest BCUT2D eigenvalue weighted by Gasteiger charge is -2.27. The fourth-order valence-electron chi connectivity index (χ4n) is 3.65. The highest BCUT2D eigenvalue weighted by Crippen LogP contribution is 2.31. The van der Waals surface area contributed by atoms with Gasteiger partial charge in [0.15, 0.2) is 5.17 Å². The van der Waals surface area contributed by atoms with Gasteiger partial charge in [-0.25, -0.2) is 19.0 Å². The molecule has 2 aromatic rings. The van der Waals surface area contributed by atoms with Crippen molar-refractivity contribution in [3.05, 3.63) is 82.9 Å². The van der Waals surface area contributed by atoms with Gasteiger partial charge in [-0.15, -0.1) is 0 Å². The molecule has 0 spiro atoms. The van der Waals surface area contributed by atoms with Gasteiger partial charge in [0.1, 0.15) is 11.5 Å². The Labute approximate surface area is 205 Å². The number of esters is 1. The number of anilines is 1. The van der Waals surface area contributed by atoms with Gasteiger partial charge in [-0.05, 0) is 49.8 Å². The van der Waals surface area contributed by atoms with E-state index in [4.69, 9.17) is 4.74 Å². The maximum absolute atomic E-state index is 13.5. The van der Waals surface area contributed by atoms with Crippen LogP contribution in [0, 0.1) is 5.82 Å². The molecule has 2 heterocycles. The molecule has 0 aliphatic carbocycles. The summed E-state index contributed by atoms with van der Waals surface area (Å²) in [5, 5.41) is 5.65. The second-order valence-electron chi connectivity index (χ2n) is 7.67. The molecule has 8 nitrogen and oxygen atoms in total. The third-order valence-corrected chi connectivity index (χ3v) is 6.19. The zero-order valence-corrected chi connectivity index (χ0v) is 19.9. The van der Waals surface area contributed by atoms with Crippen molar-refractivity contribution in [3.8, 4) is 0 Å². The van der Waals surface area contributed by atoms with Crippen LogP contribution < -0.4 is 15.5 Å². The second-order valence-corrected chi connectivity index (χ2v) is 8.62. The fraction of sp³-hybridized carbons (Fsp3) is 0.200. The molecule has 2 aliphatic heterocycles. The third kappa shape index (κ3) is 5.43. The number of carbonyl (C=O) groups excluding carboxylic acids is 3. The summed E-state index contributed by atoms with van der Waals surface area (Å²) in [6.45, 7) is 3.58. The highest BCUT2D eigenvalue weighted by atomic mass is 32.2. The molecule has 4 rings (SSSR count). The Bertz CT molecular complexity index is 1240. The molecule has 0 saturated carbocycles. The minimum Gasteiger partial charge on any atom is -0.463 e. The number of nitrogens with zero attached hydrogens (tertiary/aromatic N) is 2. The standard InChI is InChI=1S/C25H23FN4O4S/c1-3-34-23(32)21-15(2)27-24(33)28-20(21)14-35-25-29-19(13-16-7-5-4-6-8-16)22(31)30(25)18-11-9-17(26)10-12-18/h4-13,15H,3,14H2,1-2H3,(H2,27,28,33)/b19-13+/t15-/m0/s1. The van der Waals surface area contributed by atoms with Crippen molar-refractivity contribution in [1.29, 1.82) is 0 Å². The fourth-order valence-corrected chi connectivity index (χ4v) is 4.63. The third-order valence-electron chi connectivity index (χ3n) is 5.23. The summed E-state index contributed by atoms with van der Waals surface area (Å²) >= 11 is 1.17. The average Bonchev–Trinajstić information content (AvgIpc) is 3.13. The number of amidine groups is 1. The van der Waals surface area contributed by atoms with Crippen LogP contribution in [-0.2, 0) is 14.3 Å². The van der Waals surface area contributed by atoms with Crippen molar-refractivity contribution in [2.24, 2.45) is 4.99 Å². The number of nitrogens with one attached hydrogen (secondary N) is 2. The highest BCUT2D eigenvalue weighted by molar-refractivity contribution is 8.14. The molecule has 2 aromatic carbocycles. The number of thioether (sulfide) groups is 1. The summed E-state index contributed by atoms with van der Waals surface area (Å²) in [7, 11) is 0. The Morgan fingerprint density at radius 3 is 2.57 bits per heavy atom. The van der Waals surface area contributed by atoms with Gasteiger partial charge in [-0.2, -0.15) is 0 Å². The summed E-state index contributed by atoms with van der Waals surface area (Å²) in [6, 6.07) is 13.8. The molecule has 0 fully saturated rings. The zero-order chi connectivity index (χ0) is 24.9. The van der Waals surface area contributed by atoms with E-state index in [0.29, 0.717) is 22.1 Å². The first-order valence-corrected chi connectivity index (χ1v) is 11.9. The summed E-state index contributed by atoms with van der Waals surface area (Å²) in [5.41, 5.74) is 2.14. The Kier molecular flexibility index (Phi) is 7.31. The topological polar surface area (TPSA) is 100 Å². The van der Waals surface area contributed by atoms with Crippen molar-refractivity contribution in [2.45, 2.75) is 19.9 Å². The number of amides is 3. The largest absolute Gasteiger partial charge is 0.463 e. The van der Waals surface area contributed by atoms with E-state index in [1.807, 2.05) is 30.3 Å². The van der Waals surface area contributed by atoms with Gasteiger partial charge in [0.05, 0.1) is 23.9 Å². The summed E-state index contributed by atoms with van der Waals surface area (Å²) in [6.07, 6.45) is 1.67. The molecule has 0 bridgehead atoms. The maximum atomic E-state index is 13.5. The van der Waals surface area contributed by atoms with Gasteiger partial charge >= 0.3 is 12.0 Å². The van der Waals surface area contributed by atoms with E-state index in [2.05, 4.69) is 15.6 Å². The number of urea groups is 1. The molecule has 0 unspecified atom stereocenters. The SMILES string of the molecule is CCOC(=O)C1=C(CSC2=N/C(=C/c3ccccc3)C(=O)N2c2ccc(F)cc2)NC(=O)N[C@H]1C. The smallest absolute Gasteiger partial charge is 0.337 e. The van der Waals surface area contributed by atoms with Crippen LogP contribution in [0.15, 0.2) is 76.6 Å². The number of carbonyl (C=O) groups is 3. The van der Waals surface area contributed by atoms with Crippen molar-refractivity contribution in [3.63, 3.8) is 0 Å². The molecule has 0 radical (unpaired) electrons. The summed E-state index contributed by atoms with van der Waals surface area (Å²) in [4.78, 5) is 43.8. The van der Waals surface area contributed by atoms with Gasteiger partial charge in [-0.3, -0.25) is 9.69 Å². The van der Waals surface area contributed by atoms with Gasteiger partial charge < -0.3 is 15.4 Å². The minimum atomic E-state index is -0.549. The molecule has 0 aromatic heterocycles. The predicted molar refractivity (Wildman–Crippen MR) is 133 cm³/mol. The van der Waals surface area contributed by atoms with E-state index in [9.17, 15) is 18.8 Å². The lowest BCUT2D eigenvalue weighted by atomic mass is 10.1. The monoisotopic (exact) mass is 494 g/mol. The van der Waals surface area contributed by atoms with E-state index < -0.39 is 23.9 Å². The number of halogens is 1. The lowest BCUT2D eigenvalue weighted by molar-refractivity contribution is -0.139. The molecule has 2 aliphatic rings. The van der Waals surface area contributed by atoms with Crippen LogP contribution in [0.5, 0.6) is 0 Å². The van der Waals surface area contributed by atoms with Crippen LogP contribution in [0.4, 0.5) is 14.9 Å². The van der Waals surface area contributed by atoms with E-state index in [1.54, 1.807) is 19.9 Å². The minimum absolute atomic E-state index is 0.147. The van der Waals surface area contributed by atoms with Crippen molar-refractivity contribution in [2.75, 3.05) is 17.3 Å². The first-order chi connectivity index (χ1) is 16.9. The van der Waals surface area contributed by atoms with Crippen molar-refractivity contribution >= 4 is 46.6 Å². The van der Waals surface area contributed by atoms with Gasteiger partial charge in [0.2, 0.25) is 0 Å². The van der Waals surface area contributed by atoms with Crippen LogP contribution in [-0.4, -0.2) is 41.5 Å². The molecule has 0 saturated heterocycles. The molecule has 2 N–H and O–H groups in total. The number of rotatable bonds is 6. The number of hydrogen-bond donors (Lipinski definition) is 2. The molecular formula is C25H23FN4O4S.